The third-order valence-electron chi connectivity index (χ3n) is 5.09. The Morgan fingerprint density at radius 2 is 1.83 bits per heavy atom. The number of aryl methyl sites for hydroxylation is 1. The summed E-state index contributed by atoms with van der Waals surface area (Å²) in [4.78, 5) is 15.0. The van der Waals surface area contributed by atoms with E-state index < -0.39 is 0 Å². The number of amides is 1. The third kappa shape index (κ3) is 5.21. The number of carbonyl (C=O) groups excluding carboxylic acids is 1. The molecular formula is C23H28N4O2S. The Morgan fingerprint density at radius 3 is 2.47 bits per heavy atom. The zero-order chi connectivity index (χ0) is 21.5. The molecule has 0 fully saturated rings. The maximum absolute atomic E-state index is 13.1. The fourth-order valence-electron chi connectivity index (χ4n) is 3.16. The second-order valence-corrected chi connectivity index (χ2v) is 8.06. The Balaban J connectivity index is 1.74. The van der Waals surface area contributed by atoms with Crippen molar-refractivity contribution in [2.75, 3.05) is 12.9 Å². The predicted molar refractivity (Wildman–Crippen MR) is 120 cm³/mol. The molecule has 0 spiro atoms. The highest BCUT2D eigenvalue weighted by atomic mass is 32.2. The summed E-state index contributed by atoms with van der Waals surface area (Å²) in [5.74, 6) is 1.98. The molecule has 2 aromatic carbocycles. The minimum atomic E-state index is 0.0973. The van der Waals surface area contributed by atoms with Crippen molar-refractivity contribution < 1.29 is 9.53 Å². The van der Waals surface area contributed by atoms with Gasteiger partial charge in [-0.2, -0.15) is 0 Å². The third-order valence-corrected chi connectivity index (χ3v) is 6.00. The molecule has 0 aliphatic heterocycles. The van der Waals surface area contributed by atoms with E-state index in [4.69, 9.17) is 4.74 Å². The van der Waals surface area contributed by atoms with Crippen LogP contribution in [0.3, 0.4) is 0 Å². The van der Waals surface area contributed by atoms with E-state index >= 15 is 0 Å². The number of rotatable bonds is 9. The fourth-order valence-corrected chi connectivity index (χ4v) is 4.05. The number of ether oxygens (including phenoxy) is 1. The zero-order valence-electron chi connectivity index (χ0n) is 17.9. The molecule has 3 aromatic rings. The van der Waals surface area contributed by atoms with E-state index in [1.165, 1.54) is 11.8 Å². The van der Waals surface area contributed by atoms with Gasteiger partial charge in [0, 0.05) is 18.3 Å². The van der Waals surface area contributed by atoms with Crippen LogP contribution in [0.2, 0.25) is 0 Å². The molecule has 1 heterocycles. The highest BCUT2D eigenvalue weighted by Gasteiger charge is 2.21. The van der Waals surface area contributed by atoms with Gasteiger partial charge >= 0.3 is 0 Å². The Bertz CT molecular complexity index is 957. The SMILES string of the molecule is CCC(C)N(Cc1ccccc1)C(=O)CSc1nnc(C)n1-c1ccc(OC)cc1. The second kappa shape index (κ2) is 10.3. The smallest absolute Gasteiger partial charge is 0.233 e. The Labute approximate surface area is 182 Å². The van der Waals surface area contributed by atoms with Crippen molar-refractivity contribution in [1.29, 1.82) is 0 Å². The second-order valence-electron chi connectivity index (χ2n) is 7.12. The van der Waals surface area contributed by atoms with Crippen molar-refractivity contribution in [2.45, 2.75) is 44.9 Å². The topological polar surface area (TPSA) is 60.2 Å². The lowest BCUT2D eigenvalue weighted by Gasteiger charge is -2.28. The van der Waals surface area contributed by atoms with Crippen molar-refractivity contribution in [3.8, 4) is 11.4 Å². The molecule has 6 nitrogen and oxygen atoms in total. The van der Waals surface area contributed by atoms with Gasteiger partial charge in [-0.25, -0.2) is 0 Å². The van der Waals surface area contributed by atoms with E-state index in [2.05, 4.69) is 36.2 Å². The number of thioether (sulfide) groups is 1. The van der Waals surface area contributed by atoms with Crippen LogP contribution in [0.4, 0.5) is 0 Å². The number of carbonyl (C=O) groups is 1. The summed E-state index contributed by atoms with van der Waals surface area (Å²) in [6, 6.07) is 18.0. The van der Waals surface area contributed by atoms with E-state index in [1.54, 1.807) is 7.11 Å². The van der Waals surface area contributed by atoms with Crippen LogP contribution < -0.4 is 4.74 Å². The molecule has 1 amide bonds. The maximum atomic E-state index is 13.1. The fraction of sp³-hybridized carbons (Fsp3) is 0.348. The molecule has 0 aliphatic rings. The summed E-state index contributed by atoms with van der Waals surface area (Å²) < 4.78 is 7.20. The molecule has 1 atom stereocenters. The summed E-state index contributed by atoms with van der Waals surface area (Å²) >= 11 is 1.41. The van der Waals surface area contributed by atoms with Crippen LogP contribution >= 0.6 is 11.8 Å². The molecule has 1 unspecified atom stereocenters. The van der Waals surface area contributed by atoms with Crippen molar-refractivity contribution in [2.24, 2.45) is 0 Å². The Hall–Kier alpha value is -2.80. The summed E-state index contributed by atoms with van der Waals surface area (Å²) in [5.41, 5.74) is 2.07. The van der Waals surface area contributed by atoms with Crippen LogP contribution in [0.5, 0.6) is 5.75 Å². The Kier molecular flexibility index (Phi) is 7.52. The summed E-state index contributed by atoms with van der Waals surface area (Å²) in [6.07, 6.45) is 0.907. The highest BCUT2D eigenvalue weighted by molar-refractivity contribution is 7.99. The van der Waals surface area contributed by atoms with Crippen molar-refractivity contribution in [3.05, 3.63) is 66.0 Å². The van der Waals surface area contributed by atoms with Crippen molar-refractivity contribution in [3.63, 3.8) is 0 Å². The van der Waals surface area contributed by atoms with Gasteiger partial charge in [-0.15, -0.1) is 10.2 Å². The van der Waals surface area contributed by atoms with E-state index in [-0.39, 0.29) is 11.9 Å². The number of nitrogens with zero attached hydrogens (tertiary/aromatic N) is 4. The van der Waals surface area contributed by atoms with E-state index in [9.17, 15) is 4.79 Å². The average Bonchev–Trinajstić information content (AvgIpc) is 3.16. The number of hydrogen-bond donors (Lipinski definition) is 0. The zero-order valence-corrected chi connectivity index (χ0v) is 18.7. The van der Waals surface area contributed by atoms with Crippen LogP contribution in [-0.4, -0.2) is 44.5 Å². The molecule has 3 rings (SSSR count). The van der Waals surface area contributed by atoms with Gasteiger partial charge in [0.2, 0.25) is 5.91 Å². The maximum Gasteiger partial charge on any atom is 0.233 e. The lowest BCUT2D eigenvalue weighted by molar-refractivity contribution is -0.131. The summed E-state index contributed by atoms with van der Waals surface area (Å²) in [5, 5.41) is 9.21. The summed E-state index contributed by atoms with van der Waals surface area (Å²) in [7, 11) is 1.64. The van der Waals surface area contributed by atoms with Gasteiger partial charge in [0.25, 0.3) is 0 Å². The van der Waals surface area contributed by atoms with Crippen LogP contribution in [0.25, 0.3) is 5.69 Å². The van der Waals surface area contributed by atoms with Crippen LogP contribution in [0.1, 0.15) is 31.7 Å². The molecule has 0 bridgehead atoms. The molecule has 158 valence electrons. The first kappa shape index (κ1) is 21.9. The van der Waals surface area contributed by atoms with Gasteiger partial charge in [-0.3, -0.25) is 9.36 Å². The molecular weight excluding hydrogens is 396 g/mol. The van der Waals surface area contributed by atoms with E-state index in [1.807, 2.05) is 58.9 Å². The minimum Gasteiger partial charge on any atom is -0.497 e. The van der Waals surface area contributed by atoms with Crippen LogP contribution in [-0.2, 0) is 11.3 Å². The normalized spacial score (nSPS) is 11.9. The molecule has 0 saturated carbocycles. The van der Waals surface area contributed by atoms with Gasteiger partial charge in [0.15, 0.2) is 5.16 Å². The van der Waals surface area contributed by atoms with Crippen LogP contribution in [0.15, 0.2) is 59.8 Å². The average molecular weight is 425 g/mol. The van der Waals surface area contributed by atoms with E-state index in [0.29, 0.717) is 17.5 Å². The molecule has 1 aromatic heterocycles. The van der Waals surface area contributed by atoms with Gasteiger partial charge < -0.3 is 9.64 Å². The largest absolute Gasteiger partial charge is 0.497 e. The number of benzene rings is 2. The molecule has 7 heteroatoms. The first-order valence-corrected chi connectivity index (χ1v) is 11.0. The van der Waals surface area contributed by atoms with Crippen molar-refractivity contribution in [1.82, 2.24) is 19.7 Å². The molecule has 30 heavy (non-hydrogen) atoms. The molecule has 0 saturated heterocycles. The quantitative estimate of drug-likeness (QED) is 0.473. The standard InChI is InChI=1S/C23H28N4O2S/c1-5-17(2)26(15-19-9-7-6-8-10-19)22(28)16-30-23-25-24-18(3)27(23)20-11-13-21(29-4)14-12-20/h6-14,17H,5,15-16H2,1-4H3. The minimum absolute atomic E-state index is 0.0973. The summed E-state index contributed by atoms with van der Waals surface area (Å²) in [6.45, 7) is 6.71. The van der Waals surface area contributed by atoms with Gasteiger partial charge in [-0.05, 0) is 50.1 Å². The number of aromatic nitrogens is 3. The van der Waals surface area contributed by atoms with Crippen LogP contribution in [0, 0.1) is 6.92 Å². The number of hydrogen-bond acceptors (Lipinski definition) is 5. The van der Waals surface area contributed by atoms with Gasteiger partial charge in [0.1, 0.15) is 11.6 Å². The highest BCUT2D eigenvalue weighted by Crippen LogP contribution is 2.24. The van der Waals surface area contributed by atoms with Crippen molar-refractivity contribution >= 4 is 17.7 Å². The van der Waals surface area contributed by atoms with Gasteiger partial charge in [0.05, 0.1) is 12.9 Å². The Morgan fingerprint density at radius 1 is 1.13 bits per heavy atom. The lowest BCUT2D eigenvalue weighted by Crippen LogP contribution is -2.38. The first-order valence-electron chi connectivity index (χ1n) is 10.1. The van der Waals surface area contributed by atoms with Gasteiger partial charge in [-0.1, -0.05) is 49.0 Å². The molecule has 0 N–H and O–H groups in total. The molecule has 0 aliphatic carbocycles. The van der Waals surface area contributed by atoms with E-state index in [0.717, 1.165) is 29.2 Å². The first-order chi connectivity index (χ1) is 14.5. The number of methoxy groups -OCH3 is 1. The lowest BCUT2D eigenvalue weighted by atomic mass is 10.1. The monoisotopic (exact) mass is 424 g/mol. The molecule has 0 radical (unpaired) electrons. The predicted octanol–water partition coefficient (Wildman–Crippen LogP) is 4.50.